The fraction of sp³-hybridized carbons (Fsp3) is 0.400. The lowest BCUT2D eigenvalue weighted by Gasteiger charge is -2.14. The summed E-state index contributed by atoms with van der Waals surface area (Å²) < 4.78 is 8.24. The van der Waals surface area contributed by atoms with Crippen molar-refractivity contribution in [3.63, 3.8) is 0 Å². The Kier molecular flexibility index (Phi) is 12.5. The Hall–Kier alpha value is -3.16. The normalized spacial score (nSPS) is 14.2. The highest BCUT2D eigenvalue weighted by molar-refractivity contribution is 8.26. The zero-order chi connectivity index (χ0) is 29.7. The first kappa shape index (κ1) is 31.8. The van der Waals surface area contributed by atoms with Crippen molar-refractivity contribution in [3.8, 4) is 22.7 Å². The molecule has 42 heavy (non-hydrogen) atoms. The number of hydrogen-bond acceptors (Lipinski definition) is 5. The predicted octanol–water partition coefficient (Wildman–Crippen LogP) is 9.53. The second kappa shape index (κ2) is 16.5. The Morgan fingerprint density at radius 3 is 2.33 bits per heavy atom. The van der Waals surface area contributed by atoms with Crippen molar-refractivity contribution in [2.45, 2.75) is 78.1 Å². The molecule has 0 saturated carbocycles. The molecular formula is C35H43N3O2S2. The molecule has 0 spiro atoms. The summed E-state index contributed by atoms with van der Waals surface area (Å²) in [6.45, 7) is 9.17. The Bertz CT molecular complexity index is 1380. The molecule has 1 amide bonds. The molecule has 0 radical (unpaired) electrons. The van der Waals surface area contributed by atoms with Crippen LogP contribution in [0, 0.1) is 6.92 Å². The van der Waals surface area contributed by atoms with Crippen LogP contribution in [-0.4, -0.2) is 38.1 Å². The number of nitrogens with zero attached hydrogens (tertiary/aromatic N) is 3. The number of carbonyl (C=O) groups excluding carboxylic acids is 1. The van der Waals surface area contributed by atoms with Crippen LogP contribution in [0.15, 0.2) is 72.3 Å². The number of rotatable bonds is 17. The van der Waals surface area contributed by atoms with Gasteiger partial charge in [-0.15, -0.1) is 0 Å². The molecule has 1 aliphatic rings. The SMILES string of the molecule is C=CCOc1ccc(-c2nn(-c3ccccc3)cc2C=C2SC(=S)N(CCCCCCCCCCCC)C2=O)c(C)c1. The quantitative estimate of drug-likeness (QED) is 0.0667. The summed E-state index contributed by atoms with van der Waals surface area (Å²) in [7, 11) is 0. The first-order valence-electron chi connectivity index (χ1n) is 15.3. The molecule has 7 heteroatoms. The Labute approximate surface area is 261 Å². The molecule has 0 unspecified atom stereocenters. The van der Waals surface area contributed by atoms with Crippen LogP contribution in [0.3, 0.4) is 0 Å². The molecule has 0 aliphatic carbocycles. The van der Waals surface area contributed by atoms with Crippen molar-refractivity contribution in [3.05, 3.63) is 83.4 Å². The van der Waals surface area contributed by atoms with Gasteiger partial charge >= 0.3 is 0 Å². The molecule has 222 valence electrons. The van der Waals surface area contributed by atoms with Crippen molar-refractivity contribution >= 4 is 40.3 Å². The number of thiocarbonyl (C=S) groups is 1. The van der Waals surface area contributed by atoms with Gasteiger partial charge in [0, 0.05) is 23.9 Å². The number of hydrogen-bond donors (Lipinski definition) is 0. The van der Waals surface area contributed by atoms with Crippen LogP contribution in [0.2, 0.25) is 0 Å². The number of thioether (sulfide) groups is 1. The lowest BCUT2D eigenvalue weighted by molar-refractivity contribution is -0.122. The molecule has 0 N–H and O–H groups in total. The van der Waals surface area contributed by atoms with E-state index in [1.165, 1.54) is 63.1 Å². The lowest BCUT2D eigenvalue weighted by atomic mass is 10.0. The van der Waals surface area contributed by atoms with Gasteiger partial charge in [-0.1, -0.05) is 120 Å². The van der Waals surface area contributed by atoms with Gasteiger partial charge in [-0.3, -0.25) is 9.69 Å². The first-order valence-corrected chi connectivity index (χ1v) is 16.5. The van der Waals surface area contributed by atoms with Gasteiger partial charge in [0.05, 0.1) is 10.6 Å². The smallest absolute Gasteiger partial charge is 0.266 e. The summed E-state index contributed by atoms with van der Waals surface area (Å²) in [4.78, 5) is 15.9. The van der Waals surface area contributed by atoms with Crippen LogP contribution >= 0.6 is 24.0 Å². The number of aryl methyl sites for hydroxylation is 1. The molecule has 4 rings (SSSR count). The van der Waals surface area contributed by atoms with E-state index in [2.05, 4.69) is 13.5 Å². The molecule has 5 nitrogen and oxygen atoms in total. The van der Waals surface area contributed by atoms with Gasteiger partial charge in [0.15, 0.2) is 0 Å². The fourth-order valence-electron chi connectivity index (χ4n) is 5.15. The van der Waals surface area contributed by atoms with E-state index in [1.54, 1.807) is 11.0 Å². The third-order valence-electron chi connectivity index (χ3n) is 7.48. The number of carbonyl (C=O) groups is 1. The standard InChI is InChI=1S/C35H43N3O2S2/c1-4-6-7-8-9-10-11-12-13-17-22-37-34(39)32(42-35(37)41)25-28-26-38(29-18-15-14-16-19-29)36-33(28)31-21-20-30(24-27(31)3)40-23-5-2/h5,14-16,18-21,24-26H,2,4,6-13,17,22-23H2,1,3H3. The number of ether oxygens (including phenoxy) is 1. The molecule has 0 bridgehead atoms. The summed E-state index contributed by atoms with van der Waals surface area (Å²) in [6.07, 6.45) is 18.3. The zero-order valence-electron chi connectivity index (χ0n) is 25.0. The second-order valence-corrected chi connectivity index (χ2v) is 12.5. The van der Waals surface area contributed by atoms with E-state index in [0.29, 0.717) is 22.4 Å². The van der Waals surface area contributed by atoms with Gasteiger partial charge in [-0.2, -0.15) is 5.10 Å². The van der Waals surface area contributed by atoms with Gasteiger partial charge in [0.25, 0.3) is 5.91 Å². The average molecular weight is 602 g/mol. The number of para-hydroxylation sites is 1. The van der Waals surface area contributed by atoms with E-state index in [-0.39, 0.29) is 5.91 Å². The predicted molar refractivity (Wildman–Crippen MR) is 181 cm³/mol. The number of benzene rings is 2. The third-order valence-corrected chi connectivity index (χ3v) is 8.86. The topological polar surface area (TPSA) is 47.4 Å². The van der Waals surface area contributed by atoms with Crippen molar-refractivity contribution in [2.24, 2.45) is 0 Å². The van der Waals surface area contributed by atoms with Gasteiger partial charge in [0.2, 0.25) is 0 Å². The van der Waals surface area contributed by atoms with Crippen molar-refractivity contribution < 1.29 is 9.53 Å². The lowest BCUT2D eigenvalue weighted by Crippen LogP contribution is -2.29. The van der Waals surface area contributed by atoms with E-state index in [0.717, 1.165) is 46.7 Å². The van der Waals surface area contributed by atoms with Crippen LogP contribution in [0.25, 0.3) is 23.0 Å². The van der Waals surface area contributed by atoms with E-state index >= 15 is 0 Å². The minimum absolute atomic E-state index is 0.00997. The van der Waals surface area contributed by atoms with Gasteiger partial charge < -0.3 is 4.74 Å². The van der Waals surface area contributed by atoms with Crippen molar-refractivity contribution in [1.82, 2.24) is 14.7 Å². The molecule has 3 aromatic rings. The molecule has 0 atom stereocenters. The van der Waals surface area contributed by atoms with Crippen LogP contribution in [0.4, 0.5) is 0 Å². The second-order valence-electron chi connectivity index (χ2n) is 10.8. The van der Waals surface area contributed by atoms with E-state index < -0.39 is 0 Å². The van der Waals surface area contributed by atoms with Crippen LogP contribution in [0.1, 0.15) is 82.3 Å². The summed E-state index contributed by atoms with van der Waals surface area (Å²) >= 11 is 7.03. The Morgan fingerprint density at radius 1 is 0.976 bits per heavy atom. The molecule has 2 heterocycles. The maximum Gasteiger partial charge on any atom is 0.266 e. The third kappa shape index (κ3) is 8.68. The summed E-state index contributed by atoms with van der Waals surface area (Å²) in [6, 6.07) is 16.0. The molecule has 1 aromatic heterocycles. The number of aromatic nitrogens is 2. The van der Waals surface area contributed by atoms with E-state index in [9.17, 15) is 4.79 Å². The fourth-order valence-corrected chi connectivity index (χ4v) is 6.45. The molecule has 2 aromatic carbocycles. The summed E-state index contributed by atoms with van der Waals surface area (Å²) in [5, 5.41) is 4.96. The van der Waals surface area contributed by atoms with Crippen molar-refractivity contribution in [2.75, 3.05) is 13.2 Å². The molecule has 1 saturated heterocycles. The molecule has 1 aliphatic heterocycles. The Morgan fingerprint density at radius 2 is 1.67 bits per heavy atom. The maximum absolute atomic E-state index is 13.4. The highest BCUT2D eigenvalue weighted by atomic mass is 32.2. The largest absolute Gasteiger partial charge is 0.490 e. The molecule has 1 fully saturated rings. The Balaban J connectivity index is 1.46. The van der Waals surface area contributed by atoms with Crippen LogP contribution < -0.4 is 4.74 Å². The highest BCUT2D eigenvalue weighted by Crippen LogP contribution is 2.36. The molecular weight excluding hydrogens is 559 g/mol. The van der Waals surface area contributed by atoms with Crippen LogP contribution in [0.5, 0.6) is 5.75 Å². The van der Waals surface area contributed by atoms with Gasteiger partial charge in [0.1, 0.15) is 22.4 Å². The van der Waals surface area contributed by atoms with Gasteiger partial charge in [-0.25, -0.2) is 4.68 Å². The first-order chi connectivity index (χ1) is 20.5. The van der Waals surface area contributed by atoms with Crippen molar-refractivity contribution in [1.29, 1.82) is 0 Å². The number of unbranched alkanes of at least 4 members (excludes halogenated alkanes) is 9. The zero-order valence-corrected chi connectivity index (χ0v) is 26.7. The summed E-state index contributed by atoms with van der Waals surface area (Å²) in [5.74, 6) is 0.775. The summed E-state index contributed by atoms with van der Waals surface area (Å²) in [5.41, 5.74) is 4.67. The van der Waals surface area contributed by atoms with Crippen LogP contribution in [-0.2, 0) is 4.79 Å². The number of amides is 1. The monoisotopic (exact) mass is 601 g/mol. The van der Waals surface area contributed by atoms with Gasteiger partial charge in [-0.05, 0) is 55.3 Å². The van der Waals surface area contributed by atoms with E-state index in [4.69, 9.17) is 22.1 Å². The minimum Gasteiger partial charge on any atom is -0.490 e. The highest BCUT2D eigenvalue weighted by Gasteiger charge is 2.32. The average Bonchev–Trinajstić information content (AvgIpc) is 3.53. The minimum atomic E-state index is -0.00997. The maximum atomic E-state index is 13.4. The van der Waals surface area contributed by atoms with E-state index in [1.807, 2.05) is 72.4 Å².